The molecule has 4 heteroatoms. The van der Waals surface area contributed by atoms with Crippen molar-refractivity contribution in [2.24, 2.45) is 5.92 Å². The number of nitrogens with one attached hydrogen (secondary N) is 2. The summed E-state index contributed by atoms with van der Waals surface area (Å²) in [5.41, 5.74) is 1.62. The number of anilines is 1. The summed E-state index contributed by atoms with van der Waals surface area (Å²) in [6.07, 6.45) is 3.74. The SMILES string of the molecule is CC1CCCC1Nc1cccc(C(=O)NCCO)c1. The van der Waals surface area contributed by atoms with Gasteiger partial charge < -0.3 is 15.7 Å². The molecule has 19 heavy (non-hydrogen) atoms. The van der Waals surface area contributed by atoms with Crippen LogP contribution in [0.1, 0.15) is 36.5 Å². The molecule has 0 aromatic heterocycles. The van der Waals surface area contributed by atoms with Crippen LogP contribution in [-0.2, 0) is 0 Å². The first-order valence-electron chi connectivity index (χ1n) is 6.96. The average molecular weight is 262 g/mol. The first kappa shape index (κ1) is 13.9. The van der Waals surface area contributed by atoms with E-state index in [2.05, 4.69) is 17.6 Å². The highest BCUT2D eigenvalue weighted by Gasteiger charge is 2.23. The van der Waals surface area contributed by atoms with Crippen molar-refractivity contribution in [1.29, 1.82) is 0 Å². The smallest absolute Gasteiger partial charge is 0.251 e. The number of hydrogen-bond donors (Lipinski definition) is 3. The number of amides is 1. The second kappa shape index (κ2) is 6.57. The van der Waals surface area contributed by atoms with Crippen molar-refractivity contribution in [3.05, 3.63) is 29.8 Å². The standard InChI is InChI=1S/C15H22N2O2/c1-11-4-2-7-14(11)17-13-6-3-5-12(10-13)15(19)16-8-9-18/h3,5-6,10-11,14,17-18H,2,4,7-9H2,1H3,(H,16,19). The van der Waals surface area contributed by atoms with Crippen molar-refractivity contribution < 1.29 is 9.90 Å². The molecule has 104 valence electrons. The molecule has 0 radical (unpaired) electrons. The summed E-state index contributed by atoms with van der Waals surface area (Å²) in [6.45, 7) is 2.52. The lowest BCUT2D eigenvalue weighted by atomic mass is 10.1. The molecule has 0 bridgehead atoms. The Hall–Kier alpha value is -1.55. The third-order valence-corrected chi connectivity index (χ3v) is 3.74. The minimum absolute atomic E-state index is 0.0384. The number of aliphatic hydroxyl groups is 1. The molecule has 1 fully saturated rings. The molecule has 1 aromatic carbocycles. The summed E-state index contributed by atoms with van der Waals surface area (Å²) >= 11 is 0. The van der Waals surface area contributed by atoms with Gasteiger partial charge in [-0.2, -0.15) is 0 Å². The van der Waals surface area contributed by atoms with Gasteiger partial charge in [0.05, 0.1) is 6.61 Å². The molecule has 0 aliphatic heterocycles. The molecule has 0 heterocycles. The Balaban J connectivity index is 2.00. The normalized spacial score (nSPS) is 22.2. The number of aliphatic hydroxyl groups excluding tert-OH is 1. The summed E-state index contributed by atoms with van der Waals surface area (Å²) in [5.74, 6) is 0.545. The fourth-order valence-electron chi connectivity index (χ4n) is 2.60. The van der Waals surface area contributed by atoms with E-state index >= 15 is 0 Å². The maximum Gasteiger partial charge on any atom is 0.251 e. The highest BCUT2D eigenvalue weighted by atomic mass is 16.3. The quantitative estimate of drug-likeness (QED) is 0.760. The monoisotopic (exact) mass is 262 g/mol. The maximum atomic E-state index is 11.8. The van der Waals surface area contributed by atoms with Crippen molar-refractivity contribution in [3.63, 3.8) is 0 Å². The first-order valence-corrected chi connectivity index (χ1v) is 6.96. The predicted octanol–water partition coefficient (Wildman–Crippen LogP) is 2.01. The molecule has 1 saturated carbocycles. The summed E-state index contributed by atoms with van der Waals surface area (Å²) < 4.78 is 0. The zero-order chi connectivity index (χ0) is 13.7. The van der Waals surface area contributed by atoms with Crippen LogP contribution >= 0.6 is 0 Å². The van der Waals surface area contributed by atoms with Crippen molar-refractivity contribution in [2.75, 3.05) is 18.5 Å². The number of rotatable bonds is 5. The van der Waals surface area contributed by atoms with Crippen LogP contribution in [0.4, 0.5) is 5.69 Å². The molecule has 2 unspecified atom stereocenters. The van der Waals surface area contributed by atoms with Gasteiger partial charge in [-0.1, -0.05) is 19.4 Å². The number of carbonyl (C=O) groups is 1. The fourth-order valence-corrected chi connectivity index (χ4v) is 2.60. The Morgan fingerprint density at radius 1 is 1.42 bits per heavy atom. The molecule has 1 amide bonds. The molecule has 4 nitrogen and oxygen atoms in total. The number of hydrogen-bond acceptors (Lipinski definition) is 3. The second-order valence-electron chi connectivity index (χ2n) is 5.22. The summed E-state index contributed by atoms with van der Waals surface area (Å²) in [7, 11) is 0. The van der Waals surface area contributed by atoms with Crippen LogP contribution in [-0.4, -0.2) is 30.2 Å². The third-order valence-electron chi connectivity index (χ3n) is 3.74. The van der Waals surface area contributed by atoms with Crippen molar-refractivity contribution in [2.45, 2.75) is 32.2 Å². The van der Waals surface area contributed by atoms with Gasteiger partial charge in [-0.05, 0) is 37.0 Å². The van der Waals surface area contributed by atoms with E-state index in [1.54, 1.807) is 6.07 Å². The van der Waals surface area contributed by atoms with Gasteiger partial charge in [-0.3, -0.25) is 4.79 Å². The minimum Gasteiger partial charge on any atom is -0.395 e. The molecule has 0 spiro atoms. The van der Waals surface area contributed by atoms with Gasteiger partial charge in [0, 0.05) is 23.8 Å². The van der Waals surface area contributed by atoms with E-state index in [-0.39, 0.29) is 19.1 Å². The topological polar surface area (TPSA) is 61.4 Å². The number of benzene rings is 1. The Kier molecular flexibility index (Phi) is 4.80. The molecule has 1 aromatic rings. The highest BCUT2D eigenvalue weighted by Crippen LogP contribution is 2.28. The van der Waals surface area contributed by atoms with E-state index in [4.69, 9.17) is 5.11 Å². The van der Waals surface area contributed by atoms with Crippen LogP contribution in [0.15, 0.2) is 24.3 Å². The fraction of sp³-hybridized carbons (Fsp3) is 0.533. The molecule has 1 aliphatic rings. The molecular weight excluding hydrogens is 240 g/mol. The molecule has 3 N–H and O–H groups in total. The van der Waals surface area contributed by atoms with E-state index < -0.39 is 0 Å². The summed E-state index contributed by atoms with van der Waals surface area (Å²) in [5, 5.41) is 14.9. The summed E-state index contributed by atoms with van der Waals surface area (Å²) in [6, 6.07) is 8.05. The molecule has 2 rings (SSSR count). The molecule has 2 atom stereocenters. The van der Waals surface area contributed by atoms with Crippen LogP contribution in [0.2, 0.25) is 0 Å². The van der Waals surface area contributed by atoms with E-state index in [0.29, 0.717) is 17.5 Å². The van der Waals surface area contributed by atoms with E-state index in [1.165, 1.54) is 19.3 Å². The highest BCUT2D eigenvalue weighted by molar-refractivity contribution is 5.95. The Morgan fingerprint density at radius 2 is 2.26 bits per heavy atom. The lowest BCUT2D eigenvalue weighted by Gasteiger charge is -2.19. The lowest BCUT2D eigenvalue weighted by Crippen LogP contribution is -2.26. The predicted molar refractivity (Wildman–Crippen MR) is 76.3 cm³/mol. The third kappa shape index (κ3) is 3.70. The zero-order valence-corrected chi connectivity index (χ0v) is 11.4. The van der Waals surface area contributed by atoms with Crippen LogP contribution in [0.3, 0.4) is 0 Å². The molecular formula is C15H22N2O2. The molecule has 1 aliphatic carbocycles. The maximum absolute atomic E-state index is 11.8. The second-order valence-corrected chi connectivity index (χ2v) is 5.22. The Bertz CT molecular complexity index is 434. The van der Waals surface area contributed by atoms with Gasteiger partial charge in [0.2, 0.25) is 0 Å². The van der Waals surface area contributed by atoms with Crippen molar-refractivity contribution in [3.8, 4) is 0 Å². The van der Waals surface area contributed by atoms with E-state index in [1.807, 2.05) is 18.2 Å². The van der Waals surface area contributed by atoms with Crippen LogP contribution in [0.5, 0.6) is 0 Å². The van der Waals surface area contributed by atoms with Crippen LogP contribution in [0.25, 0.3) is 0 Å². The van der Waals surface area contributed by atoms with Gasteiger partial charge in [-0.25, -0.2) is 0 Å². The van der Waals surface area contributed by atoms with Crippen LogP contribution in [0, 0.1) is 5.92 Å². The Labute approximate surface area is 114 Å². The minimum atomic E-state index is -0.142. The van der Waals surface area contributed by atoms with Crippen molar-refractivity contribution >= 4 is 11.6 Å². The lowest BCUT2D eigenvalue weighted by molar-refractivity contribution is 0.0945. The average Bonchev–Trinajstić information content (AvgIpc) is 2.82. The summed E-state index contributed by atoms with van der Waals surface area (Å²) in [4.78, 5) is 11.8. The van der Waals surface area contributed by atoms with E-state index in [9.17, 15) is 4.79 Å². The van der Waals surface area contributed by atoms with Gasteiger partial charge >= 0.3 is 0 Å². The number of carbonyl (C=O) groups excluding carboxylic acids is 1. The molecule has 0 saturated heterocycles. The largest absolute Gasteiger partial charge is 0.395 e. The Morgan fingerprint density at radius 3 is 2.95 bits per heavy atom. The van der Waals surface area contributed by atoms with Gasteiger partial charge in [-0.15, -0.1) is 0 Å². The van der Waals surface area contributed by atoms with Gasteiger partial charge in [0.1, 0.15) is 0 Å². The zero-order valence-electron chi connectivity index (χ0n) is 11.4. The van der Waals surface area contributed by atoms with Gasteiger partial charge in [0.25, 0.3) is 5.91 Å². The first-order chi connectivity index (χ1) is 9.20. The van der Waals surface area contributed by atoms with Crippen LogP contribution < -0.4 is 10.6 Å². The van der Waals surface area contributed by atoms with E-state index in [0.717, 1.165) is 5.69 Å². The van der Waals surface area contributed by atoms with Gasteiger partial charge in [0.15, 0.2) is 0 Å². The van der Waals surface area contributed by atoms with Crippen molar-refractivity contribution in [1.82, 2.24) is 5.32 Å².